The average Bonchev–Trinajstić information content (AvgIpc) is 2.69. The van der Waals surface area contributed by atoms with Crippen molar-refractivity contribution in [1.82, 2.24) is 0 Å². The molecule has 1 rings (SSSR count). The monoisotopic (exact) mass is 472 g/mol. The second kappa shape index (κ2) is 13.9. The second-order valence-corrected chi connectivity index (χ2v) is 14.4. The highest BCUT2D eigenvalue weighted by Gasteiger charge is 2.36. The summed E-state index contributed by atoms with van der Waals surface area (Å²) in [5, 5.41) is 10.5. The first-order chi connectivity index (χ1) is 15.7. The number of para-hydroxylation sites is 1. The van der Waals surface area contributed by atoms with E-state index in [0.29, 0.717) is 23.0 Å². The molecule has 3 atom stereocenters. The fourth-order valence-corrected chi connectivity index (χ4v) is 5.43. The molecule has 0 aliphatic heterocycles. The maximum atomic E-state index is 10.5. The van der Waals surface area contributed by atoms with Crippen LogP contribution in [-0.2, 0) is 6.42 Å². The van der Waals surface area contributed by atoms with E-state index in [9.17, 15) is 5.11 Å². The zero-order valence-corrected chi connectivity index (χ0v) is 24.8. The van der Waals surface area contributed by atoms with Crippen molar-refractivity contribution in [3.63, 3.8) is 0 Å². The summed E-state index contributed by atoms with van der Waals surface area (Å²) in [6, 6.07) is 7.95. The molecule has 0 heterocycles. The van der Waals surface area contributed by atoms with Gasteiger partial charge in [-0.2, -0.15) is 0 Å². The maximum absolute atomic E-state index is 10.5. The minimum Gasteiger partial charge on any atom is -0.508 e. The van der Waals surface area contributed by atoms with Crippen LogP contribution in [0.3, 0.4) is 0 Å². The van der Waals surface area contributed by atoms with Crippen LogP contribution in [0.25, 0.3) is 0 Å². The molecular formula is C33H60O. The Balaban J connectivity index is 2.93. The number of benzene rings is 1. The molecule has 0 aromatic heterocycles. The molecule has 0 spiro atoms. The topological polar surface area (TPSA) is 20.2 Å². The Hall–Kier alpha value is -0.980. The van der Waals surface area contributed by atoms with Crippen molar-refractivity contribution in [2.75, 3.05) is 0 Å². The van der Waals surface area contributed by atoms with Crippen molar-refractivity contribution in [2.24, 2.45) is 34.0 Å². The zero-order valence-electron chi connectivity index (χ0n) is 24.8. The van der Waals surface area contributed by atoms with Crippen molar-refractivity contribution >= 4 is 0 Å². The van der Waals surface area contributed by atoms with E-state index in [-0.39, 0.29) is 10.8 Å². The van der Waals surface area contributed by atoms with Crippen LogP contribution in [0.15, 0.2) is 24.3 Å². The summed E-state index contributed by atoms with van der Waals surface area (Å²) in [5.41, 5.74) is 1.94. The fourth-order valence-electron chi connectivity index (χ4n) is 5.43. The van der Waals surface area contributed by atoms with Gasteiger partial charge >= 0.3 is 0 Å². The molecule has 0 aliphatic carbocycles. The molecule has 0 aliphatic rings. The molecule has 198 valence electrons. The summed E-state index contributed by atoms with van der Waals surface area (Å²) in [7, 11) is 0. The van der Waals surface area contributed by atoms with E-state index in [0.717, 1.165) is 17.9 Å². The molecule has 0 amide bonds. The normalized spacial score (nSPS) is 15.8. The van der Waals surface area contributed by atoms with Gasteiger partial charge < -0.3 is 5.11 Å². The number of hydrogen-bond acceptors (Lipinski definition) is 1. The average molecular weight is 473 g/mol. The van der Waals surface area contributed by atoms with Gasteiger partial charge in [0.25, 0.3) is 0 Å². The van der Waals surface area contributed by atoms with Crippen LogP contribution in [0.2, 0.25) is 0 Å². The smallest absolute Gasteiger partial charge is 0.118 e. The van der Waals surface area contributed by atoms with Gasteiger partial charge in [0, 0.05) is 0 Å². The van der Waals surface area contributed by atoms with Crippen LogP contribution in [0.4, 0.5) is 0 Å². The van der Waals surface area contributed by atoms with Gasteiger partial charge in [0.1, 0.15) is 5.75 Å². The molecule has 1 heteroatoms. The third kappa shape index (κ3) is 11.6. The minimum absolute atomic E-state index is 0.210. The summed E-state index contributed by atoms with van der Waals surface area (Å²) in [5.74, 6) is 2.44. The first-order valence-electron chi connectivity index (χ1n) is 14.4. The molecule has 3 unspecified atom stereocenters. The van der Waals surface area contributed by atoms with Gasteiger partial charge in [-0.3, -0.25) is 0 Å². The molecule has 1 N–H and O–H groups in total. The number of aromatic hydroxyl groups is 1. The van der Waals surface area contributed by atoms with Crippen LogP contribution >= 0.6 is 0 Å². The van der Waals surface area contributed by atoms with E-state index in [1.165, 1.54) is 64.2 Å². The van der Waals surface area contributed by atoms with Gasteiger partial charge in [0.15, 0.2) is 0 Å². The molecule has 0 saturated carbocycles. The predicted molar refractivity (Wildman–Crippen MR) is 152 cm³/mol. The Kier molecular flexibility index (Phi) is 12.7. The van der Waals surface area contributed by atoms with Crippen molar-refractivity contribution < 1.29 is 5.11 Å². The molecule has 1 aromatic rings. The number of phenolic OH excluding ortho intramolecular Hbond substituents is 1. The van der Waals surface area contributed by atoms with Gasteiger partial charge in [-0.05, 0) is 71.3 Å². The van der Waals surface area contributed by atoms with Gasteiger partial charge in [-0.1, -0.05) is 132 Å². The molecule has 0 radical (unpaired) electrons. The van der Waals surface area contributed by atoms with Crippen LogP contribution in [0, 0.1) is 34.0 Å². The first-order valence-corrected chi connectivity index (χ1v) is 14.4. The van der Waals surface area contributed by atoms with Gasteiger partial charge in [0.2, 0.25) is 0 Å². The third-order valence-corrected chi connectivity index (χ3v) is 8.43. The van der Waals surface area contributed by atoms with E-state index in [4.69, 9.17) is 0 Å². The number of unbranched alkanes of at least 4 members (excludes halogenated alkanes) is 6. The molecule has 0 saturated heterocycles. The Morgan fingerprint density at radius 3 is 1.59 bits per heavy atom. The summed E-state index contributed by atoms with van der Waals surface area (Å²) >= 11 is 0. The first kappa shape index (κ1) is 31.1. The summed E-state index contributed by atoms with van der Waals surface area (Å²) in [6.07, 6.45) is 14.6. The Morgan fingerprint density at radius 1 is 0.618 bits per heavy atom. The lowest BCUT2D eigenvalue weighted by atomic mass is 9.63. The van der Waals surface area contributed by atoms with Crippen molar-refractivity contribution in [3.05, 3.63) is 29.8 Å². The summed E-state index contributed by atoms with van der Waals surface area (Å²) in [4.78, 5) is 0. The lowest BCUT2D eigenvalue weighted by Crippen LogP contribution is -2.34. The van der Waals surface area contributed by atoms with Crippen LogP contribution in [-0.4, -0.2) is 5.11 Å². The van der Waals surface area contributed by atoms with E-state index in [1.54, 1.807) is 0 Å². The van der Waals surface area contributed by atoms with E-state index < -0.39 is 0 Å². The van der Waals surface area contributed by atoms with E-state index >= 15 is 0 Å². The quantitative estimate of drug-likeness (QED) is 0.267. The van der Waals surface area contributed by atoms with Gasteiger partial charge in [-0.15, -0.1) is 0 Å². The molecule has 0 bridgehead atoms. The van der Waals surface area contributed by atoms with Crippen molar-refractivity contribution in [3.8, 4) is 5.75 Å². The SMILES string of the molecule is CCCCCCCCCC(CC(CC(Cc1ccccc1O)C(C)(C)C)C(C)(C)C)C(C)(C)C. The summed E-state index contributed by atoms with van der Waals surface area (Å²) in [6.45, 7) is 24.2. The minimum atomic E-state index is 0.210. The predicted octanol–water partition coefficient (Wildman–Crippen LogP) is 10.8. The standard InChI is InChI=1S/C33H60O/c1-11-12-13-14-15-16-17-21-27(31(2,3)4)24-29(33(8,9)10)25-28(32(5,6)7)23-26-20-18-19-22-30(26)34/h18-20,22,27-29,34H,11-17,21,23-25H2,1-10H3. The molecule has 34 heavy (non-hydrogen) atoms. The highest BCUT2D eigenvalue weighted by molar-refractivity contribution is 5.32. The Labute approximate surface area is 214 Å². The zero-order chi connectivity index (χ0) is 26.0. The largest absolute Gasteiger partial charge is 0.508 e. The highest BCUT2D eigenvalue weighted by Crippen LogP contribution is 2.46. The Bertz CT molecular complexity index is 667. The van der Waals surface area contributed by atoms with Crippen molar-refractivity contribution in [2.45, 2.75) is 140 Å². The maximum Gasteiger partial charge on any atom is 0.118 e. The van der Waals surface area contributed by atoms with E-state index in [2.05, 4.69) is 81.4 Å². The van der Waals surface area contributed by atoms with Crippen LogP contribution < -0.4 is 0 Å². The summed E-state index contributed by atoms with van der Waals surface area (Å²) < 4.78 is 0. The third-order valence-electron chi connectivity index (χ3n) is 8.43. The molecule has 0 fully saturated rings. The molecule has 1 nitrogen and oxygen atoms in total. The molecular weight excluding hydrogens is 412 g/mol. The number of rotatable bonds is 14. The molecule has 1 aromatic carbocycles. The van der Waals surface area contributed by atoms with Gasteiger partial charge in [-0.25, -0.2) is 0 Å². The lowest BCUT2D eigenvalue weighted by Gasteiger charge is -2.43. The van der Waals surface area contributed by atoms with Crippen molar-refractivity contribution in [1.29, 1.82) is 0 Å². The number of hydrogen-bond donors (Lipinski definition) is 1. The second-order valence-electron chi connectivity index (χ2n) is 14.4. The van der Waals surface area contributed by atoms with Crippen LogP contribution in [0.5, 0.6) is 5.75 Å². The lowest BCUT2D eigenvalue weighted by molar-refractivity contribution is 0.0809. The Morgan fingerprint density at radius 2 is 1.09 bits per heavy atom. The van der Waals surface area contributed by atoms with Gasteiger partial charge in [0.05, 0.1) is 0 Å². The number of phenols is 1. The van der Waals surface area contributed by atoms with Crippen LogP contribution in [0.1, 0.15) is 139 Å². The van der Waals surface area contributed by atoms with E-state index in [1.807, 2.05) is 12.1 Å². The highest BCUT2D eigenvalue weighted by atomic mass is 16.3. The fraction of sp³-hybridized carbons (Fsp3) is 0.818.